The van der Waals surface area contributed by atoms with Crippen molar-refractivity contribution in [2.24, 2.45) is 5.92 Å². The zero-order valence-corrected chi connectivity index (χ0v) is 14.4. The average molecular weight is 349 g/mol. The van der Waals surface area contributed by atoms with Crippen LogP contribution in [0.5, 0.6) is 0 Å². The number of amides is 2. The van der Waals surface area contributed by atoms with Crippen LogP contribution in [0, 0.1) is 5.92 Å². The molecule has 0 spiro atoms. The Kier molecular flexibility index (Phi) is 5.08. The van der Waals surface area contributed by atoms with Crippen molar-refractivity contribution in [1.82, 2.24) is 15.6 Å². The van der Waals surface area contributed by atoms with Gasteiger partial charge in [-0.15, -0.1) is 0 Å². The van der Waals surface area contributed by atoms with Gasteiger partial charge in [-0.05, 0) is 54.3 Å². The summed E-state index contributed by atoms with van der Waals surface area (Å²) < 4.78 is 22.7. The normalized spacial score (nSPS) is 17.7. The van der Waals surface area contributed by atoms with E-state index in [4.69, 9.17) is 0 Å². The van der Waals surface area contributed by atoms with Gasteiger partial charge in [0.05, 0.1) is 11.5 Å². The van der Waals surface area contributed by atoms with E-state index in [2.05, 4.69) is 27.8 Å². The number of carbonyl (C=O) groups is 1. The number of hydrogen-bond acceptors (Lipinski definition) is 3. The van der Waals surface area contributed by atoms with E-state index in [0.717, 1.165) is 11.9 Å². The first kappa shape index (κ1) is 16.8. The summed E-state index contributed by atoms with van der Waals surface area (Å²) in [5, 5.41) is 6.86. The Bertz CT molecular complexity index is 799. The molecule has 0 aliphatic carbocycles. The summed E-state index contributed by atoms with van der Waals surface area (Å²) in [6, 6.07) is 8.06. The van der Waals surface area contributed by atoms with Crippen LogP contribution < -0.4 is 10.6 Å². The minimum atomic E-state index is -2.84. The standard InChI is InChI=1S/C17H23N3O3S/c21-17(20-12-14-5-9-24(22,23)10-6-14)19-7-3-13-1-2-16-15(11-13)4-8-18-16/h1-2,4,8,11,14,18H,3,5-7,9-10,12H2,(H2,19,20,21). The molecular formula is C17H23N3O3S. The summed E-state index contributed by atoms with van der Waals surface area (Å²) in [7, 11) is -2.84. The van der Waals surface area contributed by atoms with Gasteiger partial charge in [0, 0.05) is 24.8 Å². The van der Waals surface area contributed by atoms with Gasteiger partial charge in [0.15, 0.2) is 0 Å². The summed E-state index contributed by atoms with van der Waals surface area (Å²) >= 11 is 0. The van der Waals surface area contributed by atoms with Crippen LogP contribution in [0.2, 0.25) is 0 Å². The summed E-state index contributed by atoms with van der Waals surface area (Å²) in [6.45, 7) is 1.11. The molecule has 1 aliphatic heterocycles. The molecule has 1 aromatic heterocycles. The maximum atomic E-state index is 11.8. The topological polar surface area (TPSA) is 91.1 Å². The Balaban J connectivity index is 1.36. The second-order valence-electron chi connectivity index (χ2n) is 6.38. The van der Waals surface area contributed by atoms with Crippen LogP contribution in [0.4, 0.5) is 4.79 Å². The molecule has 3 rings (SSSR count). The SMILES string of the molecule is O=C(NCCc1ccc2[nH]ccc2c1)NCC1CCS(=O)(=O)CC1. The van der Waals surface area contributed by atoms with Crippen molar-refractivity contribution in [3.8, 4) is 0 Å². The smallest absolute Gasteiger partial charge is 0.314 e. The lowest BCUT2D eigenvalue weighted by atomic mass is 10.0. The fourth-order valence-corrected chi connectivity index (χ4v) is 4.61. The van der Waals surface area contributed by atoms with E-state index in [1.165, 1.54) is 10.9 Å². The van der Waals surface area contributed by atoms with Crippen LogP contribution >= 0.6 is 0 Å². The number of aromatic nitrogens is 1. The van der Waals surface area contributed by atoms with Crippen LogP contribution in [-0.2, 0) is 16.3 Å². The number of nitrogens with one attached hydrogen (secondary N) is 3. The number of fused-ring (bicyclic) bond motifs is 1. The Morgan fingerprint density at radius 3 is 2.75 bits per heavy atom. The zero-order valence-electron chi connectivity index (χ0n) is 13.5. The molecule has 7 heteroatoms. The van der Waals surface area contributed by atoms with Crippen LogP contribution in [0.1, 0.15) is 18.4 Å². The lowest BCUT2D eigenvalue weighted by Crippen LogP contribution is -2.40. The Morgan fingerprint density at radius 1 is 1.17 bits per heavy atom. The fourth-order valence-electron chi connectivity index (χ4n) is 3.02. The molecule has 130 valence electrons. The molecule has 0 bridgehead atoms. The summed E-state index contributed by atoms with van der Waals surface area (Å²) in [6.07, 6.45) is 3.96. The number of urea groups is 1. The molecule has 1 aromatic carbocycles. The van der Waals surface area contributed by atoms with E-state index in [1.807, 2.05) is 18.3 Å². The fraction of sp³-hybridized carbons (Fsp3) is 0.471. The van der Waals surface area contributed by atoms with E-state index in [9.17, 15) is 13.2 Å². The van der Waals surface area contributed by atoms with Gasteiger partial charge in [-0.3, -0.25) is 0 Å². The number of carbonyl (C=O) groups excluding carboxylic acids is 1. The number of hydrogen-bond donors (Lipinski definition) is 3. The van der Waals surface area contributed by atoms with E-state index in [0.29, 0.717) is 25.9 Å². The molecule has 24 heavy (non-hydrogen) atoms. The maximum Gasteiger partial charge on any atom is 0.314 e. The highest BCUT2D eigenvalue weighted by molar-refractivity contribution is 7.91. The van der Waals surface area contributed by atoms with Gasteiger partial charge in [0.1, 0.15) is 9.84 Å². The number of aromatic amines is 1. The lowest BCUT2D eigenvalue weighted by Gasteiger charge is -2.22. The van der Waals surface area contributed by atoms with Crippen molar-refractivity contribution in [2.75, 3.05) is 24.6 Å². The number of H-pyrrole nitrogens is 1. The number of benzene rings is 1. The van der Waals surface area contributed by atoms with E-state index in [1.54, 1.807) is 0 Å². The van der Waals surface area contributed by atoms with Gasteiger partial charge in [-0.2, -0.15) is 0 Å². The van der Waals surface area contributed by atoms with Crippen LogP contribution in [0.25, 0.3) is 10.9 Å². The van der Waals surface area contributed by atoms with Crippen molar-refractivity contribution in [2.45, 2.75) is 19.3 Å². The van der Waals surface area contributed by atoms with Gasteiger partial charge < -0.3 is 15.6 Å². The van der Waals surface area contributed by atoms with Crippen LogP contribution in [0.15, 0.2) is 30.5 Å². The highest BCUT2D eigenvalue weighted by Gasteiger charge is 2.23. The van der Waals surface area contributed by atoms with Gasteiger partial charge in [-0.1, -0.05) is 6.07 Å². The first-order valence-corrected chi connectivity index (χ1v) is 10.1. The minimum Gasteiger partial charge on any atom is -0.361 e. The Labute approximate surface area is 141 Å². The molecule has 1 fully saturated rings. The van der Waals surface area contributed by atoms with Crippen molar-refractivity contribution >= 4 is 26.8 Å². The summed E-state index contributed by atoms with van der Waals surface area (Å²) in [5.74, 6) is 0.737. The highest BCUT2D eigenvalue weighted by Crippen LogP contribution is 2.18. The first-order chi connectivity index (χ1) is 11.5. The van der Waals surface area contributed by atoms with Gasteiger partial charge in [0.25, 0.3) is 0 Å². The summed E-state index contributed by atoms with van der Waals surface area (Å²) in [5.41, 5.74) is 2.29. The molecule has 1 aliphatic rings. The second kappa shape index (κ2) is 7.25. The zero-order chi connectivity index (χ0) is 17.0. The third kappa shape index (κ3) is 4.50. The molecule has 1 saturated heterocycles. The molecule has 0 radical (unpaired) electrons. The van der Waals surface area contributed by atoms with Crippen LogP contribution in [0.3, 0.4) is 0 Å². The maximum absolute atomic E-state index is 11.8. The molecule has 0 saturated carbocycles. The predicted molar refractivity (Wildman–Crippen MR) is 94.8 cm³/mol. The second-order valence-corrected chi connectivity index (χ2v) is 8.68. The molecule has 6 nitrogen and oxygen atoms in total. The monoisotopic (exact) mass is 349 g/mol. The number of rotatable bonds is 5. The quantitative estimate of drug-likeness (QED) is 0.769. The highest BCUT2D eigenvalue weighted by atomic mass is 32.2. The predicted octanol–water partition coefficient (Wildman–Crippen LogP) is 1.83. The molecule has 2 amide bonds. The number of sulfone groups is 1. The van der Waals surface area contributed by atoms with E-state index >= 15 is 0 Å². The van der Waals surface area contributed by atoms with Gasteiger partial charge in [-0.25, -0.2) is 13.2 Å². The van der Waals surface area contributed by atoms with E-state index < -0.39 is 9.84 Å². The molecule has 0 unspecified atom stereocenters. The van der Waals surface area contributed by atoms with Crippen molar-refractivity contribution in [1.29, 1.82) is 0 Å². The Hall–Kier alpha value is -2.02. The first-order valence-electron chi connectivity index (χ1n) is 8.30. The van der Waals surface area contributed by atoms with Gasteiger partial charge in [0.2, 0.25) is 0 Å². The third-order valence-electron chi connectivity index (χ3n) is 4.54. The summed E-state index contributed by atoms with van der Waals surface area (Å²) in [4.78, 5) is 15.0. The van der Waals surface area contributed by atoms with Gasteiger partial charge >= 0.3 is 6.03 Å². The largest absolute Gasteiger partial charge is 0.361 e. The van der Waals surface area contributed by atoms with E-state index in [-0.39, 0.29) is 23.5 Å². The average Bonchev–Trinajstić information content (AvgIpc) is 3.01. The molecule has 0 atom stereocenters. The minimum absolute atomic E-state index is 0.189. The van der Waals surface area contributed by atoms with Crippen molar-refractivity contribution in [3.63, 3.8) is 0 Å². The Morgan fingerprint density at radius 2 is 1.96 bits per heavy atom. The molecule has 2 heterocycles. The third-order valence-corrected chi connectivity index (χ3v) is 6.26. The van der Waals surface area contributed by atoms with Crippen LogP contribution in [-0.4, -0.2) is 44.0 Å². The molecule has 2 aromatic rings. The lowest BCUT2D eigenvalue weighted by molar-refractivity contribution is 0.238. The van der Waals surface area contributed by atoms with Crippen molar-refractivity contribution < 1.29 is 13.2 Å². The van der Waals surface area contributed by atoms with Crippen molar-refractivity contribution in [3.05, 3.63) is 36.0 Å². The molecular weight excluding hydrogens is 326 g/mol. The molecule has 3 N–H and O–H groups in total.